The van der Waals surface area contributed by atoms with Crippen LogP contribution in [-0.4, -0.2) is 15.0 Å². The van der Waals surface area contributed by atoms with Crippen LogP contribution in [0.15, 0.2) is 182 Å². The Morgan fingerprint density at radius 1 is 0.360 bits per heavy atom. The van der Waals surface area contributed by atoms with Crippen LogP contribution in [0.25, 0.3) is 65.5 Å². The van der Waals surface area contributed by atoms with Crippen LogP contribution in [0.3, 0.4) is 0 Å². The molecule has 0 saturated carbocycles. The summed E-state index contributed by atoms with van der Waals surface area (Å²) >= 11 is 1.80. The van der Waals surface area contributed by atoms with E-state index in [0.717, 1.165) is 33.8 Å². The van der Waals surface area contributed by atoms with Crippen molar-refractivity contribution in [1.82, 2.24) is 15.0 Å². The number of rotatable bonds is 7. The van der Waals surface area contributed by atoms with Gasteiger partial charge in [0, 0.05) is 43.5 Å². The Hall–Kier alpha value is -6.43. The quantitative estimate of drug-likeness (QED) is 0.171. The molecule has 5 heteroatoms. The molecule has 2 aromatic heterocycles. The standard InChI is InChI=1S/C45H30N4S/c1-5-14-31(15-6-1)32-24-27-37(28-25-32)49(36-20-11-4-12-21-36)40-23-13-22-39-38-29-26-35(30-41(38)50-42(39)40)45-47-43(33-16-7-2-8-17-33)46-44(48-45)34-18-9-3-10-19-34/h1-30H. The fourth-order valence-corrected chi connectivity index (χ4v) is 7.72. The molecule has 236 valence electrons. The van der Waals surface area contributed by atoms with Gasteiger partial charge in [0.2, 0.25) is 0 Å². The van der Waals surface area contributed by atoms with Crippen molar-refractivity contribution < 1.29 is 0 Å². The van der Waals surface area contributed by atoms with Crippen LogP contribution in [-0.2, 0) is 0 Å². The summed E-state index contributed by atoms with van der Waals surface area (Å²) in [4.78, 5) is 17.2. The summed E-state index contributed by atoms with van der Waals surface area (Å²) in [7, 11) is 0. The molecule has 0 aliphatic carbocycles. The highest BCUT2D eigenvalue weighted by Crippen LogP contribution is 2.45. The molecule has 0 fully saturated rings. The lowest BCUT2D eigenvalue weighted by Crippen LogP contribution is -2.09. The summed E-state index contributed by atoms with van der Waals surface area (Å²) in [5, 5.41) is 2.44. The number of hydrogen-bond donors (Lipinski definition) is 0. The van der Waals surface area contributed by atoms with Crippen molar-refractivity contribution in [2.45, 2.75) is 0 Å². The van der Waals surface area contributed by atoms with Gasteiger partial charge in [-0.05, 0) is 47.5 Å². The number of benzene rings is 7. The van der Waals surface area contributed by atoms with Gasteiger partial charge in [-0.3, -0.25) is 0 Å². The van der Waals surface area contributed by atoms with Crippen molar-refractivity contribution in [2.75, 3.05) is 4.90 Å². The molecule has 9 rings (SSSR count). The average molecular weight is 659 g/mol. The molecule has 0 atom stereocenters. The van der Waals surface area contributed by atoms with Crippen LogP contribution in [0.2, 0.25) is 0 Å². The van der Waals surface area contributed by atoms with Crippen molar-refractivity contribution in [3.8, 4) is 45.3 Å². The van der Waals surface area contributed by atoms with Gasteiger partial charge in [0.15, 0.2) is 17.5 Å². The maximum Gasteiger partial charge on any atom is 0.164 e. The third-order valence-corrected chi connectivity index (χ3v) is 10.1. The average Bonchev–Trinajstić information content (AvgIpc) is 3.58. The van der Waals surface area contributed by atoms with E-state index in [0.29, 0.717) is 17.5 Å². The predicted octanol–water partition coefficient (Wildman–Crippen LogP) is 12.4. The molecular formula is C45H30N4S. The minimum absolute atomic E-state index is 0.654. The molecule has 0 aliphatic heterocycles. The highest BCUT2D eigenvalue weighted by molar-refractivity contribution is 7.26. The zero-order chi connectivity index (χ0) is 33.3. The van der Waals surface area contributed by atoms with Gasteiger partial charge in [-0.2, -0.15) is 0 Å². The summed E-state index contributed by atoms with van der Waals surface area (Å²) in [6.45, 7) is 0. The van der Waals surface area contributed by atoms with Gasteiger partial charge in [0.1, 0.15) is 0 Å². The second kappa shape index (κ2) is 12.9. The van der Waals surface area contributed by atoms with E-state index >= 15 is 0 Å². The van der Waals surface area contributed by atoms with Crippen LogP contribution < -0.4 is 4.90 Å². The Morgan fingerprint density at radius 2 is 0.840 bits per heavy atom. The van der Waals surface area contributed by atoms with Crippen molar-refractivity contribution in [2.24, 2.45) is 0 Å². The Bertz CT molecular complexity index is 2510. The van der Waals surface area contributed by atoms with Crippen LogP contribution in [0.1, 0.15) is 0 Å². The molecule has 0 bridgehead atoms. The first-order valence-corrected chi connectivity index (χ1v) is 17.4. The van der Waals surface area contributed by atoms with Gasteiger partial charge in [-0.1, -0.05) is 146 Å². The SMILES string of the molecule is c1ccc(-c2ccc(N(c3ccccc3)c3cccc4c3sc3cc(-c5nc(-c6ccccc6)nc(-c6ccccc6)n5)ccc34)cc2)cc1. The predicted molar refractivity (Wildman–Crippen MR) is 209 cm³/mol. The van der Waals surface area contributed by atoms with E-state index in [4.69, 9.17) is 15.0 Å². The second-order valence-electron chi connectivity index (χ2n) is 12.1. The molecule has 2 heterocycles. The minimum atomic E-state index is 0.654. The second-order valence-corrected chi connectivity index (χ2v) is 13.1. The third-order valence-electron chi connectivity index (χ3n) is 8.92. The summed E-state index contributed by atoms with van der Waals surface area (Å²) in [5.74, 6) is 1.97. The van der Waals surface area contributed by atoms with Crippen LogP contribution in [0, 0.1) is 0 Å². The maximum atomic E-state index is 4.99. The normalized spacial score (nSPS) is 11.2. The van der Waals surface area contributed by atoms with Crippen molar-refractivity contribution in [1.29, 1.82) is 0 Å². The van der Waals surface area contributed by atoms with Gasteiger partial charge >= 0.3 is 0 Å². The lowest BCUT2D eigenvalue weighted by molar-refractivity contribution is 1.07. The lowest BCUT2D eigenvalue weighted by Gasteiger charge is -2.26. The van der Waals surface area contributed by atoms with Gasteiger partial charge in [0.05, 0.1) is 10.4 Å². The van der Waals surface area contributed by atoms with E-state index < -0.39 is 0 Å². The number of nitrogens with zero attached hydrogens (tertiary/aromatic N) is 4. The van der Waals surface area contributed by atoms with E-state index in [1.54, 1.807) is 11.3 Å². The summed E-state index contributed by atoms with van der Waals surface area (Å²) in [6.07, 6.45) is 0. The van der Waals surface area contributed by atoms with Gasteiger partial charge < -0.3 is 4.90 Å². The Kier molecular flexibility index (Phi) is 7.65. The van der Waals surface area contributed by atoms with Crippen LogP contribution in [0.4, 0.5) is 17.1 Å². The number of fused-ring (bicyclic) bond motifs is 3. The minimum Gasteiger partial charge on any atom is -0.309 e. The molecule has 0 aliphatic rings. The molecule has 4 nitrogen and oxygen atoms in total. The van der Waals surface area contributed by atoms with Crippen molar-refractivity contribution >= 4 is 48.6 Å². The Morgan fingerprint density at radius 3 is 1.44 bits per heavy atom. The molecular weight excluding hydrogens is 629 g/mol. The molecule has 7 aromatic carbocycles. The van der Waals surface area contributed by atoms with E-state index in [1.165, 1.54) is 31.3 Å². The molecule has 0 amide bonds. The molecule has 0 radical (unpaired) electrons. The van der Waals surface area contributed by atoms with E-state index in [2.05, 4.69) is 126 Å². The first-order chi connectivity index (χ1) is 24.8. The van der Waals surface area contributed by atoms with E-state index in [9.17, 15) is 0 Å². The van der Waals surface area contributed by atoms with E-state index in [-0.39, 0.29) is 0 Å². The third kappa shape index (κ3) is 5.60. The number of hydrogen-bond acceptors (Lipinski definition) is 5. The highest BCUT2D eigenvalue weighted by atomic mass is 32.1. The van der Waals surface area contributed by atoms with Gasteiger partial charge in [-0.25, -0.2) is 15.0 Å². The summed E-state index contributed by atoms with van der Waals surface area (Å²) in [5.41, 5.74) is 8.63. The maximum absolute atomic E-state index is 4.99. The largest absolute Gasteiger partial charge is 0.309 e. The molecule has 0 unspecified atom stereocenters. The zero-order valence-electron chi connectivity index (χ0n) is 27.0. The van der Waals surface area contributed by atoms with Crippen LogP contribution >= 0.6 is 11.3 Å². The number of anilines is 3. The van der Waals surface area contributed by atoms with Crippen molar-refractivity contribution in [3.05, 3.63) is 182 Å². The van der Waals surface area contributed by atoms with E-state index in [1.807, 2.05) is 60.7 Å². The van der Waals surface area contributed by atoms with Crippen LogP contribution in [0.5, 0.6) is 0 Å². The van der Waals surface area contributed by atoms with Crippen molar-refractivity contribution in [3.63, 3.8) is 0 Å². The molecule has 0 saturated heterocycles. The molecule has 9 aromatic rings. The number of aromatic nitrogens is 3. The molecule has 0 spiro atoms. The summed E-state index contributed by atoms with van der Waals surface area (Å²) < 4.78 is 2.40. The molecule has 50 heavy (non-hydrogen) atoms. The first kappa shape index (κ1) is 29.7. The van der Waals surface area contributed by atoms with Gasteiger partial charge in [-0.15, -0.1) is 11.3 Å². The monoisotopic (exact) mass is 658 g/mol. The highest BCUT2D eigenvalue weighted by Gasteiger charge is 2.19. The number of thiophene rings is 1. The fourth-order valence-electron chi connectivity index (χ4n) is 6.47. The van der Waals surface area contributed by atoms with Gasteiger partial charge in [0.25, 0.3) is 0 Å². The summed E-state index contributed by atoms with van der Waals surface area (Å²) in [6, 6.07) is 63.4. The molecule has 0 N–H and O–H groups in total. The topological polar surface area (TPSA) is 41.9 Å². The fraction of sp³-hybridized carbons (Fsp3) is 0. The first-order valence-electron chi connectivity index (χ1n) is 16.6. The Balaban J connectivity index is 1.17. The smallest absolute Gasteiger partial charge is 0.164 e. The lowest BCUT2D eigenvalue weighted by atomic mass is 10.0. The zero-order valence-corrected chi connectivity index (χ0v) is 27.8. The number of para-hydroxylation sites is 1. The Labute approximate surface area is 294 Å².